The van der Waals surface area contributed by atoms with E-state index >= 15 is 0 Å². The summed E-state index contributed by atoms with van der Waals surface area (Å²) in [6, 6.07) is 5.86. The fourth-order valence-corrected chi connectivity index (χ4v) is 3.18. The van der Waals surface area contributed by atoms with Crippen molar-refractivity contribution in [2.24, 2.45) is 0 Å². The minimum absolute atomic E-state index is 0.0840. The maximum Gasteiger partial charge on any atom is 0.267 e. The molecule has 2 aromatic rings. The molecule has 0 atom stereocenters. The van der Waals surface area contributed by atoms with Crippen molar-refractivity contribution in [1.29, 1.82) is 0 Å². The van der Waals surface area contributed by atoms with Gasteiger partial charge in [0.05, 0.1) is 12.1 Å². The second-order valence-corrected chi connectivity index (χ2v) is 7.80. The summed E-state index contributed by atoms with van der Waals surface area (Å²) >= 11 is 6.13. The zero-order valence-corrected chi connectivity index (χ0v) is 17.0. The molecular weight excluding hydrogens is 378 g/mol. The first-order valence-corrected chi connectivity index (χ1v) is 9.59. The lowest BCUT2D eigenvalue weighted by Crippen LogP contribution is -2.32. The second kappa shape index (κ2) is 8.29. The fourth-order valence-electron chi connectivity index (χ4n) is 2.98. The van der Waals surface area contributed by atoms with E-state index in [9.17, 15) is 9.90 Å². The van der Waals surface area contributed by atoms with E-state index in [1.54, 1.807) is 18.7 Å². The second-order valence-electron chi connectivity index (χ2n) is 7.44. The number of anilines is 1. The van der Waals surface area contributed by atoms with Crippen molar-refractivity contribution in [1.82, 2.24) is 9.97 Å². The molecule has 0 unspecified atom stereocenters. The standard InChI is InChI=1S/C21H24ClN3O3/c1-14-7-8-16(12-15(14)6-4-5-9-21(2,3)27)25-10-11-28-19-17(20(25)26)18(22)23-13-24-19/h4,6-8,12-13,27H,5,9-11H2,1-3H3/b6-4-. The molecule has 1 amide bonds. The predicted octanol–water partition coefficient (Wildman–Crippen LogP) is 4.04. The summed E-state index contributed by atoms with van der Waals surface area (Å²) in [4.78, 5) is 22.6. The zero-order valence-electron chi connectivity index (χ0n) is 16.3. The van der Waals surface area contributed by atoms with E-state index in [1.807, 2.05) is 37.3 Å². The molecular formula is C21H24ClN3O3. The average molecular weight is 402 g/mol. The van der Waals surface area contributed by atoms with Crippen molar-refractivity contribution in [3.05, 3.63) is 52.4 Å². The number of nitrogens with zero attached hydrogens (tertiary/aromatic N) is 3. The maximum atomic E-state index is 13.1. The molecule has 6 nitrogen and oxygen atoms in total. The van der Waals surface area contributed by atoms with Gasteiger partial charge in [0.1, 0.15) is 23.7 Å². The highest BCUT2D eigenvalue weighted by Gasteiger charge is 2.29. The van der Waals surface area contributed by atoms with Gasteiger partial charge in [-0.05, 0) is 56.9 Å². The van der Waals surface area contributed by atoms with Gasteiger partial charge in [-0.1, -0.05) is 29.8 Å². The van der Waals surface area contributed by atoms with Crippen LogP contribution in [-0.4, -0.2) is 39.7 Å². The van der Waals surface area contributed by atoms with Crippen LogP contribution in [0.1, 0.15) is 48.2 Å². The first kappa shape index (κ1) is 20.3. The third-order valence-corrected chi connectivity index (χ3v) is 4.86. The summed E-state index contributed by atoms with van der Waals surface area (Å²) in [6.07, 6.45) is 6.79. The van der Waals surface area contributed by atoms with Gasteiger partial charge in [0.25, 0.3) is 5.91 Å². The van der Waals surface area contributed by atoms with Gasteiger partial charge in [-0.25, -0.2) is 9.97 Å². The molecule has 0 saturated heterocycles. The Morgan fingerprint density at radius 3 is 2.89 bits per heavy atom. The minimum atomic E-state index is -0.686. The highest BCUT2D eigenvalue weighted by Crippen LogP contribution is 2.29. The number of rotatable bonds is 5. The van der Waals surface area contributed by atoms with Crippen LogP contribution >= 0.6 is 11.6 Å². The molecule has 1 aliphatic heterocycles. The van der Waals surface area contributed by atoms with Gasteiger partial charge >= 0.3 is 0 Å². The highest BCUT2D eigenvalue weighted by atomic mass is 35.5. The first-order chi connectivity index (χ1) is 13.3. The quantitative estimate of drug-likeness (QED) is 0.765. The van der Waals surface area contributed by atoms with Gasteiger partial charge in [-0.15, -0.1) is 0 Å². The number of allylic oxidation sites excluding steroid dienone is 1. The molecule has 3 rings (SSSR count). The molecule has 148 valence electrons. The molecule has 2 heterocycles. The Balaban J connectivity index is 1.86. The minimum Gasteiger partial charge on any atom is -0.475 e. The van der Waals surface area contributed by atoms with E-state index in [4.69, 9.17) is 16.3 Å². The molecule has 0 radical (unpaired) electrons. The van der Waals surface area contributed by atoms with Crippen LogP contribution < -0.4 is 9.64 Å². The Morgan fingerprint density at radius 2 is 2.14 bits per heavy atom. The number of aliphatic hydroxyl groups is 1. The smallest absolute Gasteiger partial charge is 0.267 e. The van der Waals surface area contributed by atoms with Crippen LogP contribution in [0.15, 0.2) is 30.6 Å². The lowest BCUT2D eigenvalue weighted by molar-refractivity contribution is 0.0722. The van der Waals surface area contributed by atoms with Crippen LogP contribution in [0, 0.1) is 6.92 Å². The molecule has 7 heteroatoms. The number of amides is 1. The van der Waals surface area contributed by atoms with Crippen molar-refractivity contribution in [2.45, 2.75) is 39.2 Å². The Bertz CT molecular complexity index is 906. The molecule has 1 aliphatic rings. The molecule has 0 spiro atoms. The Morgan fingerprint density at radius 1 is 1.36 bits per heavy atom. The molecule has 1 N–H and O–H groups in total. The van der Waals surface area contributed by atoms with Crippen molar-refractivity contribution >= 4 is 29.3 Å². The number of fused-ring (bicyclic) bond motifs is 1. The maximum absolute atomic E-state index is 13.1. The Kier molecular flexibility index (Phi) is 6.01. The Labute approximate surface area is 169 Å². The lowest BCUT2D eigenvalue weighted by Gasteiger charge is -2.21. The van der Waals surface area contributed by atoms with Crippen molar-refractivity contribution < 1.29 is 14.6 Å². The lowest BCUT2D eigenvalue weighted by atomic mass is 10.0. The third kappa shape index (κ3) is 4.69. The van der Waals surface area contributed by atoms with Gasteiger partial charge < -0.3 is 14.7 Å². The number of benzene rings is 1. The summed E-state index contributed by atoms with van der Waals surface area (Å²) in [5.74, 6) is -0.0646. The summed E-state index contributed by atoms with van der Waals surface area (Å²) in [6.45, 7) is 6.32. The van der Waals surface area contributed by atoms with E-state index in [2.05, 4.69) is 9.97 Å². The number of ether oxygens (including phenoxy) is 1. The summed E-state index contributed by atoms with van der Waals surface area (Å²) in [5.41, 5.74) is 2.37. The molecule has 0 bridgehead atoms. The number of hydrogen-bond donors (Lipinski definition) is 1. The van der Waals surface area contributed by atoms with Gasteiger partial charge in [0, 0.05) is 5.69 Å². The summed E-state index contributed by atoms with van der Waals surface area (Å²) in [5, 5.41) is 9.92. The molecule has 1 aromatic carbocycles. The van der Waals surface area contributed by atoms with E-state index in [0.717, 1.165) is 23.2 Å². The molecule has 0 saturated carbocycles. The number of carbonyl (C=O) groups excluding carboxylic acids is 1. The zero-order chi connectivity index (χ0) is 20.3. The monoisotopic (exact) mass is 401 g/mol. The number of aromatic nitrogens is 2. The first-order valence-electron chi connectivity index (χ1n) is 9.21. The molecule has 28 heavy (non-hydrogen) atoms. The topological polar surface area (TPSA) is 75.5 Å². The fraction of sp³-hybridized carbons (Fsp3) is 0.381. The number of hydrogen-bond acceptors (Lipinski definition) is 5. The van der Waals surface area contributed by atoms with Crippen LogP contribution in [0.5, 0.6) is 5.88 Å². The van der Waals surface area contributed by atoms with E-state index in [0.29, 0.717) is 19.6 Å². The van der Waals surface area contributed by atoms with Crippen LogP contribution in [0.2, 0.25) is 5.15 Å². The van der Waals surface area contributed by atoms with Gasteiger partial charge in [-0.2, -0.15) is 0 Å². The van der Waals surface area contributed by atoms with Gasteiger partial charge in [-0.3, -0.25) is 4.79 Å². The molecule has 1 aromatic heterocycles. The number of carbonyl (C=O) groups is 1. The number of aryl methyl sites for hydroxylation is 1. The van der Waals surface area contributed by atoms with E-state index in [-0.39, 0.29) is 22.5 Å². The number of halogens is 1. The van der Waals surface area contributed by atoms with Crippen LogP contribution in [-0.2, 0) is 0 Å². The van der Waals surface area contributed by atoms with Crippen molar-refractivity contribution in [3.63, 3.8) is 0 Å². The molecule has 0 aliphatic carbocycles. The highest BCUT2D eigenvalue weighted by molar-refractivity contribution is 6.33. The van der Waals surface area contributed by atoms with Crippen LogP contribution in [0.4, 0.5) is 5.69 Å². The Hall–Kier alpha value is -2.44. The van der Waals surface area contributed by atoms with E-state index in [1.165, 1.54) is 6.33 Å². The van der Waals surface area contributed by atoms with Crippen molar-refractivity contribution in [2.75, 3.05) is 18.1 Å². The average Bonchev–Trinajstić information content (AvgIpc) is 2.79. The van der Waals surface area contributed by atoms with Crippen LogP contribution in [0.25, 0.3) is 6.08 Å². The summed E-state index contributed by atoms with van der Waals surface area (Å²) < 4.78 is 5.58. The van der Waals surface area contributed by atoms with E-state index < -0.39 is 5.60 Å². The third-order valence-electron chi connectivity index (χ3n) is 4.57. The van der Waals surface area contributed by atoms with Crippen molar-refractivity contribution in [3.8, 4) is 5.88 Å². The predicted molar refractivity (Wildman–Crippen MR) is 110 cm³/mol. The van der Waals surface area contributed by atoms with Gasteiger partial charge in [0.2, 0.25) is 5.88 Å². The SMILES string of the molecule is Cc1ccc(N2CCOc3ncnc(Cl)c3C2=O)cc1/C=C\CCC(C)(C)O. The van der Waals surface area contributed by atoms with Crippen LogP contribution in [0.3, 0.4) is 0 Å². The molecule has 0 fully saturated rings. The summed E-state index contributed by atoms with van der Waals surface area (Å²) in [7, 11) is 0. The largest absolute Gasteiger partial charge is 0.475 e. The normalized spacial score (nSPS) is 14.8. The van der Waals surface area contributed by atoms with Gasteiger partial charge in [0.15, 0.2) is 0 Å².